The molecule has 0 aliphatic carbocycles. The number of alkyl halides is 3. The Hall–Kier alpha value is -2.70. The van der Waals surface area contributed by atoms with Gasteiger partial charge >= 0.3 is 6.18 Å². The zero-order valence-corrected chi connectivity index (χ0v) is 16.5. The molecular formula is C16H10ClF3N4O3S2. The second-order valence-corrected chi connectivity index (χ2v) is 8.60. The maximum atomic E-state index is 12.6. The average Bonchev–Trinajstić information content (AvgIpc) is 3.10. The number of aromatic nitrogens is 2. The van der Waals surface area contributed by atoms with Crippen molar-refractivity contribution in [1.82, 2.24) is 10.2 Å². The van der Waals surface area contributed by atoms with E-state index in [4.69, 9.17) is 11.6 Å². The molecule has 0 fully saturated rings. The lowest BCUT2D eigenvalue weighted by atomic mass is 10.2. The van der Waals surface area contributed by atoms with E-state index in [9.17, 15) is 26.4 Å². The van der Waals surface area contributed by atoms with Crippen molar-refractivity contribution in [2.75, 3.05) is 10.0 Å². The molecule has 0 spiro atoms. The number of benzene rings is 2. The van der Waals surface area contributed by atoms with Crippen molar-refractivity contribution in [2.24, 2.45) is 0 Å². The van der Waals surface area contributed by atoms with E-state index >= 15 is 0 Å². The molecule has 0 saturated carbocycles. The van der Waals surface area contributed by atoms with E-state index in [1.165, 1.54) is 30.3 Å². The summed E-state index contributed by atoms with van der Waals surface area (Å²) in [6.07, 6.45) is -4.68. The topological polar surface area (TPSA) is 101 Å². The number of carbonyl (C=O) groups is 1. The van der Waals surface area contributed by atoms with Gasteiger partial charge < -0.3 is 0 Å². The lowest BCUT2D eigenvalue weighted by Gasteiger charge is -2.09. The highest BCUT2D eigenvalue weighted by Crippen LogP contribution is 2.33. The Kier molecular flexibility index (Phi) is 5.78. The van der Waals surface area contributed by atoms with Crippen LogP contribution >= 0.6 is 22.9 Å². The van der Waals surface area contributed by atoms with Gasteiger partial charge in [0.25, 0.3) is 15.9 Å². The molecule has 152 valence electrons. The number of nitrogens with zero attached hydrogens (tertiary/aromatic N) is 2. The quantitative estimate of drug-likeness (QED) is 0.590. The summed E-state index contributed by atoms with van der Waals surface area (Å²) in [7, 11) is -4.04. The van der Waals surface area contributed by atoms with Gasteiger partial charge in [-0.1, -0.05) is 35.1 Å². The molecule has 7 nitrogen and oxygen atoms in total. The minimum absolute atomic E-state index is 0.0947. The number of hydrogen-bond acceptors (Lipinski definition) is 6. The molecule has 3 aromatic rings. The van der Waals surface area contributed by atoms with E-state index in [-0.39, 0.29) is 32.6 Å². The maximum Gasteiger partial charge on any atom is 0.445 e. The van der Waals surface area contributed by atoms with Gasteiger partial charge in [-0.05, 0) is 36.4 Å². The number of carbonyl (C=O) groups excluding carboxylic acids is 1. The van der Waals surface area contributed by atoms with Gasteiger partial charge in [-0.2, -0.15) is 13.2 Å². The molecule has 0 saturated heterocycles. The van der Waals surface area contributed by atoms with Gasteiger partial charge in [0, 0.05) is 10.6 Å². The zero-order valence-electron chi connectivity index (χ0n) is 14.1. The van der Waals surface area contributed by atoms with Crippen molar-refractivity contribution in [1.29, 1.82) is 0 Å². The number of halogens is 4. The van der Waals surface area contributed by atoms with Gasteiger partial charge in [-0.15, -0.1) is 10.2 Å². The van der Waals surface area contributed by atoms with E-state index in [2.05, 4.69) is 20.2 Å². The summed E-state index contributed by atoms with van der Waals surface area (Å²) < 4.78 is 65.1. The summed E-state index contributed by atoms with van der Waals surface area (Å²) in [5.74, 6) is -0.838. The third-order valence-electron chi connectivity index (χ3n) is 3.37. The highest BCUT2D eigenvalue weighted by atomic mass is 35.5. The lowest BCUT2D eigenvalue weighted by Crippen LogP contribution is -2.16. The number of rotatable bonds is 5. The van der Waals surface area contributed by atoms with Gasteiger partial charge in [0.1, 0.15) is 0 Å². The minimum atomic E-state index is -4.68. The van der Waals surface area contributed by atoms with Crippen LogP contribution in [0.5, 0.6) is 0 Å². The molecule has 0 radical (unpaired) electrons. The van der Waals surface area contributed by atoms with Gasteiger partial charge in [0.05, 0.1) is 10.6 Å². The summed E-state index contributed by atoms with van der Waals surface area (Å²) in [4.78, 5) is 12.0. The van der Waals surface area contributed by atoms with Crippen molar-refractivity contribution in [3.8, 4) is 0 Å². The van der Waals surface area contributed by atoms with Crippen LogP contribution in [0.3, 0.4) is 0 Å². The van der Waals surface area contributed by atoms with E-state index in [0.29, 0.717) is 5.02 Å². The monoisotopic (exact) mass is 462 g/mol. The van der Waals surface area contributed by atoms with E-state index in [1.54, 1.807) is 12.1 Å². The number of hydrogen-bond donors (Lipinski definition) is 2. The molecule has 0 atom stereocenters. The van der Waals surface area contributed by atoms with Crippen LogP contribution < -0.4 is 10.0 Å². The third kappa shape index (κ3) is 5.22. The summed E-state index contributed by atoms with van der Waals surface area (Å²) in [6, 6.07) is 11.0. The Morgan fingerprint density at radius 2 is 1.79 bits per heavy atom. The van der Waals surface area contributed by atoms with Crippen LogP contribution in [0.1, 0.15) is 15.4 Å². The molecule has 29 heavy (non-hydrogen) atoms. The van der Waals surface area contributed by atoms with Crippen LogP contribution in [0, 0.1) is 0 Å². The van der Waals surface area contributed by atoms with Crippen LogP contribution in [-0.2, 0) is 16.2 Å². The zero-order chi connectivity index (χ0) is 21.2. The molecule has 0 bridgehead atoms. The minimum Gasteiger partial charge on any atom is -0.296 e. The largest absolute Gasteiger partial charge is 0.445 e. The first-order valence-corrected chi connectivity index (χ1v) is 10.3. The van der Waals surface area contributed by atoms with Crippen LogP contribution in [0.25, 0.3) is 0 Å². The molecular weight excluding hydrogens is 453 g/mol. The van der Waals surface area contributed by atoms with Gasteiger partial charge in [0.2, 0.25) is 10.1 Å². The molecule has 1 aromatic heterocycles. The molecule has 1 heterocycles. The molecule has 13 heteroatoms. The molecule has 0 aliphatic heterocycles. The molecule has 2 N–H and O–H groups in total. The Morgan fingerprint density at radius 3 is 2.45 bits per heavy atom. The first-order valence-electron chi connectivity index (χ1n) is 7.65. The van der Waals surface area contributed by atoms with Crippen molar-refractivity contribution in [3.05, 3.63) is 64.1 Å². The Morgan fingerprint density at radius 1 is 1.07 bits per heavy atom. The average molecular weight is 463 g/mol. The van der Waals surface area contributed by atoms with Crippen LogP contribution in [0.15, 0.2) is 53.4 Å². The Balaban J connectivity index is 1.79. The van der Waals surface area contributed by atoms with E-state index in [0.717, 1.165) is 6.07 Å². The van der Waals surface area contributed by atoms with E-state index in [1.807, 2.05) is 0 Å². The fourth-order valence-electron chi connectivity index (χ4n) is 2.13. The van der Waals surface area contributed by atoms with Crippen molar-refractivity contribution in [2.45, 2.75) is 11.1 Å². The highest BCUT2D eigenvalue weighted by Gasteiger charge is 2.35. The normalized spacial score (nSPS) is 11.9. The van der Waals surface area contributed by atoms with Crippen molar-refractivity contribution >= 4 is 49.7 Å². The van der Waals surface area contributed by atoms with E-state index < -0.39 is 27.1 Å². The predicted molar refractivity (Wildman–Crippen MR) is 102 cm³/mol. The second kappa shape index (κ2) is 7.97. The highest BCUT2D eigenvalue weighted by molar-refractivity contribution is 7.92. The Labute approximate surface area is 171 Å². The first-order chi connectivity index (χ1) is 13.5. The molecule has 3 rings (SSSR count). The van der Waals surface area contributed by atoms with Crippen molar-refractivity contribution < 1.29 is 26.4 Å². The number of anilines is 2. The smallest absolute Gasteiger partial charge is 0.296 e. The van der Waals surface area contributed by atoms with Crippen LogP contribution in [0.4, 0.5) is 24.0 Å². The van der Waals surface area contributed by atoms with Crippen molar-refractivity contribution in [3.63, 3.8) is 0 Å². The second-order valence-electron chi connectivity index (χ2n) is 5.51. The standard InChI is InChI=1S/C16H10ClF3N4O3S2/c17-10-4-2-5-11(8-10)24-29(26,27)12-6-1-3-9(7-12)13(25)21-15-23-22-14(28-15)16(18,19)20/h1-8,24H,(H,21,23,25). The van der Waals surface area contributed by atoms with Gasteiger partial charge in [-0.25, -0.2) is 8.42 Å². The van der Waals surface area contributed by atoms with Gasteiger partial charge in [0.15, 0.2) is 0 Å². The molecule has 1 amide bonds. The fourth-order valence-corrected chi connectivity index (χ4v) is 4.02. The number of amides is 1. The maximum absolute atomic E-state index is 12.6. The summed E-state index contributed by atoms with van der Waals surface area (Å²) in [6.45, 7) is 0. The van der Waals surface area contributed by atoms with Gasteiger partial charge in [-0.3, -0.25) is 14.8 Å². The molecule has 2 aromatic carbocycles. The fraction of sp³-hybridized carbons (Fsp3) is 0.0625. The lowest BCUT2D eigenvalue weighted by molar-refractivity contribution is -0.138. The predicted octanol–water partition coefficient (Wildman–Crippen LogP) is 4.26. The Bertz CT molecular complexity index is 1170. The summed E-state index contributed by atoms with van der Waals surface area (Å²) in [5.41, 5.74) is 0.128. The number of nitrogens with one attached hydrogen (secondary N) is 2. The van der Waals surface area contributed by atoms with Crippen LogP contribution in [-0.4, -0.2) is 24.5 Å². The summed E-state index contributed by atoms with van der Waals surface area (Å²) >= 11 is 5.98. The number of sulfonamides is 1. The molecule has 0 aliphatic rings. The summed E-state index contributed by atoms with van der Waals surface area (Å²) in [5, 5.41) is 7.12. The molecule has 0 unspecified atom stereocenters. The third-order valence-corrected chi connectivity index (χ3v) is 5.87. The van der Waals surface area contributed by atoms with Crippen LogP contribution in [0.2, 0.25) is 5.02 Å². The SMILES string of the molecule is O=C(Nc1nnc(C(F)(F)F)s1)c1cccc(S(=O)(=O)Nc2cccc(Cl)c2)c1. The first kappa shape index (κ1) is 21.0.